The first-order chi connectivity index (χ1) is 8.95. The highest BCUT2D eigenvalue weighted by Gasteiger charge is 2.08. The third-order valence-electron chi connectivity index (χ3n) is 2.71. The lowest BCUT2D eigenvalue weighted by atomic mass is 10.1. The van der Waals surface area contributed by atoms with Crippen molar-refractivity contribution < 1.29 is 14.2 Å². The van der Waals surface area contributed by atoms with Gasteiger partial charge in [0.05, 0.1) is 19.3 Å². The van der Waals surface area contributed by atoms with Gasteiger partial charge < -0.3 is 19.5 Å². The molecule has 0 rings (SSSR count). The van der Waals surface area contributed by atoms with Gasteiger partial charge >= 0.3 is 0 Å². The summed E-state index contributed by atoms with van der Waals surface area (Å²) in [6.07, 6.45) is 3.55. The summed E-state index contributed by atoms with van der Waals surface area (Å²) in [6, 6.07) is 0. The van der Waals surface area contributed by atoms with Crippen molar-refractivity contribution in [1.29, 1.82) is 0 Å². The van der Waals surface area contributed by atoms with Crippen LogP contribution in [-0.4, -0.2) is 51.7 Å². The van der Waals surface area contributed by atoms with E-state index in [0.29, 0.717) is 19.3 Å². The first kappa shape index (κ1) is 18.8. The van der Waals surface area contributed by atoms with Gasteiger partial charge in [0, 0.05) is 25.9 Å². The van der Waals surface area contributed by atoms with E-state index in [1.165, 1.54) is 0 Å². The summed E-state index contributed by atoms with van der Waals surface area (Å²) < 4.78 is 16.0. The minimum absolute atomic E-state index is 0.212. The fourth-order valence-corrected chi connectivity index (χ4v) is 1.63. The van der Waals surface area contributed by atoms with E-state index in [-0.39, 0.29) is 5.54 Å². The summed E-state index contributed by atoms with van der Waals surface area (Å²) in [4.78, 5) is 0. The summed E-state index contributed by atoms with van der Waals surface area (Å²) in [6.45, 7) is 12.6. The molecule has 0 saturated carbocycles. The number of methoxy groups -OCH3 is 1. The van der Waals surface area contributed by atoms with Gasteiger partial charge in [-0.05, 0) is 53.5 Å². The number of ether oxygens (including phenoxy) is 3. The lowest BCUT2D eigenvalue weighted by molar-refractivity contribution is 0.0267. The first-order valence-electron chi connectivity index (χ1n) is 7.39. The minimum Gasteiger partial charge on any atom is -0.382 e. The van der Waals surface area contributed by atoms with E-state index in [9.17, 15) is 0 Å². The topological polar surface area (TPSA) is 39.7 Å². The molecule has 4 heteroatoms. The lowest BCUT2D eigenvalue weighted by Crippen LogP contribution is -2.36. The Balaban J connectivity index is 3.23. The van der Waals surface area contributed by atoms with Crippen molar-refractivity contribution in [3.63, 3.8) is 0 Å². The molecule has 116 valence electrons. The van der Waals surface area contributed by atoms with Crippen molar-refractivity contribution in [3.05, 3.63) is 0 Å². The van der Waals surface area contributed by atoms with Gasteiger partial charge in [0.15, 0.2) is 0 Å². The van der Waals surface area contributed by atoms with Crippen molar-refractivity contribution in [2.45, 2.75) is 58.6 Å². The van der Waals surface area contributed by atoms with E-state index < -0.39 is 0 Å². The second-order valence-corrected chi connectivity index (χ2v) is 5.96. The number of hydrogen-bond donors (Lipinski definition) is 1. The highest BCUT2D eigenvalue weighted by molar-refractivity contribution is 4.69. The van der Waals surface area contributed by atoms with Crippen molar-refractivity contribution in [1.82, 2.24) is 5.32 Å². The van der Waals surface area contributed by atoms with Crippen molar-refractivity contribution in [2.24, 2.45) is 0 Å². The van der Waals surface area contributed by atoms with Gasteiger partial charge in [-0.1, -0.05) is 0 Å². The molecule has 0 heterocycles. The molecule has 4 nitrogen and oxygen atoms in total. The van der Waals surface area contributed by atoms with Crippen LogP contribution < -0.4 is 5.32 Å². The summed E-state index contributed by atoms with van der Waals surface area (Å²) in [5.41, 5.74) is 0.212. The zero-order valence-electron chi connectivity index (χ0n) is 13.5. The Hall–Kier alpha value is -0.160. The van der Waals surface area contributed by atoms with Gasteiger partial charge in [-0.2, -0.15) is 0 Å². The normalized spacial score (nSPS) is 13.7. The van der Waals surface area contributed by atoms with Crippen LogP contribution >= 0.6 is 0 Å². The van der Waals surface area contributed by atoms with E-state index in [1.54, 1.807) is 7.11 Å². The Labute approximate surface area is 119 Å². The Morgan fingerprint density at radius 1 is 1.00 bits per heavy atom. The summed E-state index contributed by atoms with van der Waals surface area (Å²) >= 11 is 0. The molecule has 0 fully saturated rings. The molecule has 0 bridgehead atoms. The molecule has 0 spiro atoms. The van der Waals surface area contributed by atoms with E-state index in [4.69, 9.17) is 14.2 Å². The average Bonchev–Trinajstić information content (AvgIpc) is 2.32. The van der Waals surface area contributed by atoms with Gasteiger partial charge in [0.1, 0.15) is 0 Å². The predicted octanol–water partition coefficient (Wildman–Crippen LogP) is 2.61. The molecule has 19 heavy (non-hydrogen) atoms. The monoisotopic (exact) mass is 275 g/mol. The quantitative estimate of drug-likeness (QED) is 0.556. The first-order valence-corrected chi connectivity index (χ1v) is 7.39. The third kappa shape index (κ3) is 15.8. The highest BCUT2D eigenvalue weighted by Crippen LogP contribution is 2.04. The fraction of sp³-hybridized carbons (Fsp3) is 1.00. The molecule has 1 unspecified atom stereocenters. The minimum atomic E-state index is 0.212. The Morgan fingerprint density at radius 2 is 1.74 bits per heavy atom. The van der Waals surface area contributed by atoms with Crippen LogP contribution in [0, 0.1) is 0 Å². The SMILES string of the molecule is COCCOCCCOC(C)CCCNC(C)(C)C. The molecular weight excluding hydrogens is 242 g/mol. The van der Waals surface area contributed by atoms with Crippen LogP contribution in [0.25, 0.3) is 0 Å². The molecule has 0 amide bonds. The molecule has 1 N–H and O–H groups in total. The van der Waals surface area contributed by atoms with Crippen molar-refractivity contribution in [3.8, 4) is 0 Å². The average molecular weight is 275 g/mol. The molecule has 0 aromatic carbocycles. The molecule has 0 aliphatic heterocycles. The smallest absolute Gasteiger partial charge is 0.0700 e. The predicted molar refractivity (Wildman–Crippen MR) is 79.7 cm³/mol. The molecular formula is C15H33NO3. The zero-order chi connectivity index (χ0) is 14.6. The lowest BCUT2D eigenvalue weighted by Gasteiger charge is -2.21. The van der Waals surface area contributed by atoms with Crippen LogP contribution in [0.3, 0.4) is 0 Å². The van der Waals surface area contributed by atoms with Crippen LogP contribution in [0.15, 0.2) is 0 Å². The highest BCUT2D eigenvalue weighted by atomic mass is 16.5. The standard InChI is InChI=1S/C15H33NO3/c1-14(8-6-9-16-15(2,3)4)19-11-7-10-18-13-12-17-5/h14,16H,6-13H2,1-5H3. The Morgan fingerprint density at radius 3 is 2.37 bits per heavy atom. The second kappa shape index (κ2) is 11.6. The number of rotatable bonds is 12. The second-order valence-electron chi connectivity index (χ2n) is 5.96. The number of hydrogen-bond acceptors (Lipinski definition) is 4. The maximum Gasteiger partial charge on any atom is 0.0700 e. The van der Waals surface area contributed by atoms with Gasteiger partial charge in [-0.15, -0.1) is 0 Å². The molecule has 0 aromatic heterocycles. The number of nitrogens with one attached hydrogen (secondary N) is 1. The molecule has 0 radical (unpaired) electrons. The third-order valence-corrected chi connectivity index (χ3v) is 2.71. The molecule has 0 aromatic rings. The van der Waals surface area contributed by atoms with E-state index >= 15 is 0 Å². The maximum absolute atomic E-state index is 5.74. The van der Waals surface area contributed by atoms with Crippen molar-refractivity contribution >= 4 is 0 Å². The van der Waals surface area contributed by atoms with Crippen LogP contribution in [0.1, 0.15) is 47.0 Å². The zero-order valence-corrected chi connectivity index (χ0v) is 13.5. The van der Waals surface area contributed by atoms with Gasteiger partial charge in [0.25, 0.3) is 0 Å². The van der Waals surface area contributed by atoms with E-state index in [2.05, 4.69) is 33.0 Å². The van der Waals surface area contributed by atoms with Gasteiger partial charge in [0.2, 0.25) is 0 Å². The summed E-state index contributed by atoms with van der Waals surface area (Å²) in [5, 5.41) is 3.49. The maximum atomic E-state index is 5.74. The van der Waals surface area contributed by atoms with Crippen LogP contribution in [0.5, 0.6) is 0 Å². The Bertz CT molecular complexity index is 192. The Kier molecular flexibility index (Phi) is 11.6. The van der Waals surface area contributed by atoms with E-state index in [1.807, 2.05) is 0 Å². The van der Waals surface area contributed by atoms with Crippen molar-refractivity contribution in [2.75, 3.05) is 40.1 Å². The van der Waals surface area contributed by atoms with Crippen LogP contribution in [0.4, 0.5) is 0 Å². The van der Waals surface area contributed by atoms with Crippen LogP contribution in [0.2, 0.25) is 0 Å². The molecule has 0 saturated heterocycles. The van der Waals surface area contributed by atoms with E-state index in [0.717, 1.165) is 39.0 Å². The largest absolute Gasteiger partial charge is 0.382 e. The molecule has 0 aliphatic rings. The summed E-state index contributed by atoms with van der Waals surface area (Å²) in [5.74, 6) is 0. The van der Waals surface area contributed by atoms with Gasteiger partial charge in [-0.25, -0.2) is 0 Å². The fourth-order valence-electron chi connectivity index (χ4n) is 1.63. The molecule has 1 atom stereocenters. The molecule has 0 aliphatic carbocycles. The van der Waals surface area contributed by atoms with Gasteiger partial charge in [-0.3, -0.25) is 0 Å². The summed E-state index contributed by atoms with van der Waals surface area (Å²) in [7, 11) is 1.68. The van der Waals surface area contributed by atoms with Crippen LogP contribution in [-0.2, 0) is 14.2 Å².